The van der Waals surface area contributed by atoms with Crippen molar-refractivity contribution < 1.29 is 28.7 Å². The molecule has 6 rings (SSSR count). The van der Waals surface area contributed by atoms with E-state index in [0.717, 1.165) is 6.42 Å². The van der Waals surface area contributed by atoms with Gasteiger partial charge in [-0.25, -0.2) is 0 Å². The number of carbonyl (C=O) groups is 4. The Balaban J connectivity index is 1.14. The second-order valence-electron chi connectivity index (χ2n) is 8.55. The van der Waals surface area contributed by atoms with Crippen molar-refractivity contribution in [1.82, 2.24) is 4.90 Å². The van der Waals surface area contributed by atoms with Crippen molar-refractivity contribution in [3.8, 4) is 5.75 Å². The van der Waals surface area contributed by atoms with E-state index in [1.807, 2.05) is 0 Å². The summed E-state index contributed by atoms with van der Waals surface area (Å²) in [6.45, 7) is -0.370. The maximum Gasteiger partial charge on any atom is 0.308 e. The number of hydrogen-bond acceptors (Lipinski definition) is 6. The van der Waals surface area contributed by atoms with Gasteiger partial charge in [-0.05, 0) is 54.4 Å². The summed E-state index contributed by atoms with van der Waals surface area (Å²) < 4.78 is 10.1. The lowest BCUT2D eigenvalue weighted by Gasteiger charge is -2.37. The molecule has 6 atom stereocenters. The van der Waals surface area contributed by atoms with Gasteiger partial charge in [-0.15, -0.1) is 0 Å². The third-order valence-electron chi connectivity index (χ3n) is 7.07. The fraction of sp³-hybridized carbons (Fsp3) is 0.478. The number of likely N-dealkylation sites (tertiary alicyclic amines) is 1. The molecular weight excluding hydrogens is 386 g/mol. The predicted molar refractivity (Wildman–Crippen MR) is 104 cm³/mol. The quantitative estimate of drug-likeness (QED) is 0.296. The fourth-order valence-corrected chi connectivity index (χ4v) is 5.52. The molecule has 0 spiro atoms. The zero-order chi connectivity index (χ0) is 21.0. The number of ketones is 1. The number of nitrogens with zero attached hydrogens (tertiary/aromatic N) is 1. The molecule has 7 nitrogen and oxygen atoms in total. The second kappa shape index (κ2) is 7.07. The smallest absolute Gasteiger partial charge is 0.308 e. The van der Waals surface area contributed by atoms with Crippen LogP contribution in [0.2, 0.25) is 0 Å². The molecule has 0 aromatic heterocycles. The van der Waals surface area contributed by atoms with Crippen LogP contribution in [-0.4, -0.2) is 48.7 Å². The summed E-state index contributed by atoms with van der Waals surface area (Å²) in [5.41, 5.74) is 0.416. The van der Waals surface area contributed by atoms with Crippen molar-refractivity contribution in [2.75, 3.05) is 20.3 Å². The van der Waals surface area contributed by atoms with Crippen LogP contribution >= 0.6 is 0 Å². The molecule has 1 aliphatic heterocycles. The van der Waals surface area contributed by atoms with E-state index >= 15 is 0 Å². The van der Waals surface area contributed by atoms with Crippen LogP contribution in [0.15, 0.2) is 36.4 Å². The molecule has 1 aromatic carbocycles. The van der Waals surface area contributed by atoms with Crippen LogP contribution in [0.4, 0.5) is 0 Å². The minimum atomic E-state index is -0.601. The molecule has 2 amide bonds. The standard InChI is InChI=1S/C23H23NO6/c1-29-13-4-2-12(3-5-13)18(25)11-30-19(26)8-9-24-22(27)20-14-6-7-15(17-10-16(14)17)21(20)23(24)28/h2-7,14-17,20-21H,8-11H2,1H3/t14-,15+,16-,17-,20+,21+/m1/s1. The summed E-state index contributed by atoms with van der Waals surface area (Å²) >= 11 is 0. The summed E-state index contributed by atoms with van der Waals surface area (Å²) in [6.07, 6.45) is 5.24. The van der Waals surface area contributed by atoms with E-state index in [4.69, 9.17) is 9.47 Å². The van der Waals surface area contributed by atoms with Gasteiger partial charge in [0.05, 0.1) is 25.4 Å². The van der Waals surface area contributed by atoms with Gasteiger partial charge in [-0.2, -0.15) is 0 Å². The van der Waals surface area contributed by atoms with Gasteiger partial charge in [0, 0.05) is 12.1 Å². The van der Waals surface area contributed by atoms with Gasteiger partial charge in [-0.3, -0.25) is 24.1 Å². The van der Waals surface area contributed by atoms with Crippen LogP contribution in [0.25, 0.3) is 0 Å². The number of ether oxygens (including phenoxy) is 2. The maximum absolute atomic E-state index is 12.9. The fourth-order valence-electron chi connectivity index (χ4n) is 5.52. The third kappa shape index (κ3) is 2.95. The van der Waals surface area contributed by atoms with Gasteiger partial charge < -0.3 is 9.47 Å². The van der Waals surface area contributed by atoms with Crippen molar-refractivity contribution in [3.05, 3.63) is 42.0 Å². The molecule has 0 radical (unpaired) electrons. The van der Waals surface area contributed by atoms with Gasteiger partial charge in [-0.1, -0.05) is 12.2 Å². The van der Waals surface area contributed by atoms with E-state index in [0.29, 0.717) is 23.1 Å². The minimum Gasteiger partial charge on any atom is -0.497 e. The molecule has 4 aliphatic carbocycles. The van der Waals surface area contributed by atoms with Crippen molar-refractivity contribution in [3.63, 3.8) is 0 Å². The van der Waals surface area contributed by atoms with Crippen molar-refractivity contribution in [1.29, 1.82) is 0 Å². The molecule has 0 N–H and O–H groups in total. The average Bonchev–Trinajstić information content (AvgIpc) is 3.55. The Bertz CT molecular complexity index is 915. The molecule has 30 heavy (non-hydrogen) atoms. The number of rotatable bonds is 7. The Morgan fingerprint density at radius 2 is 1.60 bits per heavy atom. The normalized spacial score (nSPS) is 32.6. The number of imide groups is 1. The van der Waals surface area contributed by atoms with Gasteiger partial charge in [0.2, 0.25) is 11.8 Å². The first-order chi connectivity index (χ1) is 14.5. The van der Waals surface area contributed by atoms with E-state index in [1.165, 1.54) is 12.0 Å². The minimum absolute atomic E-state index is 0.00893. The van der Waals surface area contributed by atoms with E-state index in [-0.39, 0.29) is 60.8 Å². The summed E-state index contributed by atoms with van der Waals surface area (Å²) in [5.74, 6) is 0.301. The van der Waals surface area contributed by atoms with Crippen LogP contribution in [0.5, 0.6) is 5.75 Å². The summed E-state index contributed by atoms with van der Waals surface area (Å²) in [4.78, 5) is 51.2. The van der Waals surface area contributed by atoms with Gasteiger partial charge in [0.25, 0.3) is 0 Å². The molecule has 5 aliphatic rings. The first-order valence-corrected chi connectivity index (χ1v) is 10.4. The van der Waals surface area contributed by atoms with Gasteiger partial charge >= 0.3 is 5.97 Å². The zero-order valence-corrected chi connectivity index (χ0v) is 16.7. The number of carbonyl (C=O) groups excluding carboxylic acids is 4. The number of hydrogen-bond donors (Lipinski definition) is 0. The van der Waals surface area contributed by atoms with E-state index < -0.39 is 5.97 Å². The number of esters is 1. The molecule has 7 heteroatoms. The Labute approximate surface area is 174 Å². The largest absolute Gasteiger partial charge is 0.497 e. The Hall–Kier alpha value is -2.96. The van der Waals surface area contributed by atoms with Crippen LogP contribution in [-0.2, 0) is 19.1 Å². The molecule has 2 bridgehead atoms. The van der Waals surface area contributed by atoms with E-state index in [1.54, 1.807) is 24.3 Å². The molecule has 1 aromatic rings. The topological polar surface area (TPSA) is 90.0 Å². The summed E-state index contributed by atoms with van der Waals surface area (Å²) in [5, 5.41) is 0. The maximum atomic E-state index is 12.9. The molecule has 0 unspecified atom stereocenters. The molecule has 1 heterocycles. The molecule has 156 valence electrons. The number of methoxy groups -OCH3 is 1. The second-order valence-corrected chi connectivity index (χ2v) is 8.55. The predicted octanol–water partition coefficient (Wildman–Crippen LogP) is 1.86. The lowest BCUT2D eigenvalue weighted by atomic mass is 9.63. The van der Waals surface area contributed by atoms with Gasteiger partial charge in [0.15, 0.2) is 12.4 Å². The van der Waals surface area contributed by atoms with E-state index in [9.17, 15) is 19.2 Å². The summed E-state index contributed by atoms with van der Waals surface area (Å²) in [6, 6.07) is 6.52. The Morgan fingerprint density at radius 3 is 2.17 bits per heavy atom. The molecule has 2 saturated carbocycles. The van der Waals surface area contributed by atoms with Crippen LogP contribution in [0, 0.1) is 35.5 Å². The van der Waals surface area contributed by atoms with Crippen molar-refractivity contribution in [2.24, 2.45) is 35.5 Å². The molecule has 3 fully saturated rings. The highest BCUT2D eigenvalue weighted by atomic mass is 16.5. The monoisotopic (exact) mass is 409 g/mol. The number of amides is 2. The first-order valence-electron chi connectivity index (χ1n) is 10.4. The first kappa shape index (κ1) is 19.0. The SMILES string of the molecule is COc1ccc(C(=O)COC(=O)CCN2C(=O)[C@H]3[C@@H]4C=C[C@@H]([C@H]5C[C@H]45)[C@@H]3C2=O)cc1. The van der Waals surface area contributed by atoms with Crippen LogP contribution < -0.4 is 4.74 Å². The lowest BCUT2D eigenvalue weighted by Crippen LogP contribution is -2.40. The number of benzene rings is 1. The zero-order valence-electron chi connectivity index (χ0n) is 16.7. The van der Waals surface area contributed by atoms with E-state index in [2.05, 4.69) is 12.2 Å². The molecular formula is C23H23NO6. The van der Waals surface area contributed by atoms with Crippen molar-refractivity contribution >= 4 is 23.6 Å². The highest BCUT2D eigenvalue weighted by Gasteiger charge is 2.66. The third-order valence-corrected chi connectivity index (χ3v) is 7.07. The Kier molecular flexibility index (Phi) is 4.49. The Morgan fingerprint density at radius 1 is 1.00 bits per heavy atom. The average molecular weight is 409 g/mol. The highest BCUT2D eigenvalue weighted by molar-refractivity contribution is 6.06. The molecule has 1 saturated heterocycles. The van der Waals surface area contributed by atoms with Gasteiger partial charge in [0.1, 0.15) is 5.75 Å². The summed E-state index contributed by atoms with van der Waals surface area (Å²) in [7, 11) is 1.54. The van der Waals surface area contributed by atoms with Crippen LogP contribution in [0.3, 0.4) is 0 Å². The lowest BCUT2D eigenvalue weighted by molar-refractivity contribution is -0.145. The number of allylic oxidation sites excluding steroid dienone is 2. The van der Waals surface area contributed by atoms with Crippen LogP contribution in [0.1, 0.15) is 23.2 Å². The van der Waals surface area contributed by atoms with Crippen molar-refractivity contribution in [2.45, 2.75) is 12.8 Å². The number of Topliss-reactive ketones (excluding diaryl/α,β-unsaturated/α-hetero) is 1. The highest BCUT2D eigenvalue weighted by Crippen LogP contribution is 2.65.